The van der Waals surface area contributed by atoms with Crippen LogP contribution >= 0.6 is 0 Å². The average Bonchev–Trinajstić information content (AvgIpc) is 2.84. The first-order chi connectivity index (χ1) is 8.89. The molecule has 2 fully saturated rings. The van der Waals surface area contributed by atoms with Crippen molar-refractivity contribution in [3.8, 4) is 0 Å². The molecule has 0 aromatic heterocycles. The SMILES string of the molecule is CC(NC1CCC(C)(C)CC1C)C(=O)N1CCCC1. The first-order valence-corrected chi connectivity index (χ1v) is 7.94. The van der Waals surface area contributed by atoms with Crippen LogP contribution in [0, 0.1) is 11.3 Å². The van der Waals surface area contributed by atoms with Crippen LogP contribution in [0.5, 0.6) is 0 Å². The van der Waals surface area contributed by atoms with Crippen LogP contribution in [0.1, 0.15) is 59.8 Å². The Morgan fingerprint density at radius 3 is 2.53 bits per heavy atom. The van der Waals surface area contributed by atoms with Crippen molar-refractivity contribution >= 4 is 5.91 Å². The maximum atomic E-state index is 12.3. The van der Waals surface area contributed by atoms with Crippen molar-refractivity contribution in [2.75, 3.05) is 13.1 Å². The van der Waals surface area contributed by atoms with Crippen LogP contribution in [-0.4, -0.2) is 36.0 Å². The molecule has 110 valence electrons. The Kier molecular flexibility index (Phi) is 4.54. The highest BCUT2D eigenvalue weighted by atomic mass is 16.2. The molecule has 0 bridgehead atoms. The van der Waals surface area contributed by atoms with Gasteiger partial charge in [0, 0.05) is 19.1 Å². The number of carbonyl (C=O) groups is 1. The van der Waals surface area contributed by atoms with Gasteiger partial charge in [-0.3, -0.25) is 4.79 Å². The van der Waals surface area contributed by atoms with Gasteiger partial charge in [0.15, 0.2) is 0 Å². The van der Waals surface area contributed by atoms with Gasteiger partial charge in [0.25, 0.3) is 0 Å². The predicted octanol–water partition coefficient (Wildman–Crippen LogP) is 2.80. The molecule has 1 aliphatic carbocycles. The molecule has 1 aliphatic heterocycles. The van der Waals surface area contributed by atoms with E-state index in [1.807, 2.05) is 11.8 Å². The molecule has 2 rings (SSSR count). The maximum absolute atomic E-state index is 12.3. The van der Waals surface area contributed by atoms with Gasteiger partial charge in [-0.25, -0.2) is 0 Å². The zero-order chi connectivity index (χ0) is 14.0. The van der Waals surface area contributed by atoms with E-state index in [1.54, 1.807) is 0 Å². The minimum Gasteiger partial charge on any atom is -0.341 e. The molecule has 0 aromatic rings. The van der Waals surface area contributed by atoms with Gasteiger partial charge < -0.3 is 10.2 Å². The maximum Gasteiger partial charge on any atom is 0.239 e. The lowest BCUT2D eigenvalue weighted by Crippen LogP contribution is -2.51. The topological polar surface area (TPSA) is 32.3 Å². The summed E-state index contributed by atoms with van der Waals surface area (Å²) in [5.74, 6) is 0.965. The van der Waals surface area contributed by atoms with E-state index in [4.69, 9.17) is 0 Å². The average molecular weight is 266 g/mol. The molecule has 0 spiro atoms. The number of amides is 1. The van der Waals surface area contributed by atoms with Gasteiger partial charge in [-0.2, -0.15) is 0 Å². The fourth-order valence-corrected chi connectivity index (χ4v) is 3.80. The normalized spacial score (nSPS) is 32.3. The van der Waals surface area contributed by atoms with E-state index in [9.17, 15) is 4.79 Å². The first-order valence-electron chi connectivity index (χ1n) is 7.94. The second-order valence-corrected chi connectivity index (χ2v) is 7.41. The summed E-state index contributed by atoms with van der Waals surface area (Å²) in [4.78, 5) is 14.3. The molecule has 19 heavy (non-hydrogen) atoms. The molecular weight excluding hydrogens is 236 g/mol. The molecule has 1 N–H and O–H groups in total. The van der Waals surface area contributed by atoms with Gasteiger partial charge >= 0.3 is 0 Å². The van der Waals surface area contributed by atoms with E-state index in [1.165, 1.54) is 32.1 Å². The number of hydrogen-bond donors (Lipinski definition) is 1. The van der Waals surface area contributed by atoms with Crippen molar-refractivity contribution < 1.29 is 4.79 Å². The minimum absolute atomic E-state index is 0.0215. The Morgan fingerprint density at radius 2 is 1.95 bits per heavy atom. The zero-order valence-electron chi connectivity index (χ0n) is 13.0. The van der Waals surface area contributed by atoms with E-state index < -0.39 is 0 Å². The predicted molar refractivity (Wildman–Crippen MR) is 79.0 cm³/mol. The van der Waals surface area contributed by atoms with Gasteiger partial charge in [-0.15, -0.1) is 0 Å². The summed E-state index contributed by atoms with van der Waals surface area (Å²) in [6, 6.07) is 0.487. The Balaban J connectivity index is 1.85. The third kappa shape index (κ3) is 3.71. The summed E-state index contributed by atoms with van der Waals surface area (Å²) >= 11 is 0. The van der Waals surface area contributed by atoms with E-state index in [0.29, 0.717) is 23.3 Å². The summed E-state index contributed by atoms with van der Waals surface area (Å²) in [5, 5.41) is 3.59. The molecule has 1 saturated carbocycles. The van der Waals surface area contributed by atoms with Gasteiger partial charge in [-0.05, 0) is 50.4 Å². The Morgan fingerprint density at radius 1 is 1.32 bits per heavy atom. The molecule has 0 radical (unpaired) electrons. The molecular formula is C16H30N2O. The molecule has 3 heteroatoms. The molecule has 3 nitrogen and oxygen atoms in total. The van der Waals surface area contributed by atoms with Gasteiger partial charge in [0.05, 0.1) is 6.04 Å². The number of likely N-dealkylation sites (tertiary alicyclic amines) is 1. The lowest BCUT2D eigenvalue weighted by molar-refractivity contribution is -0.132. The van der Waals surface area contributed by atoms with Crippen molar-refractivity contribution in [3.05, 3.63) is 0 Å². The van der Waals surface area contributed by atoms with Crippen LogP contribution in [0.15, 0.2) is 0 Å². The highest BCUT2D eigenvalue weighted by Crippen LogP contribution is 2.38. The minimum atomic E-state index is -0.0215. The first kappa shape index (κ1) is 14.8. The summed E-state index contributed by atoms with van der Waals surface area (Å²) in [5.41, 5.74) is 0.472. The van der Waals surface area contributed by atoms with E-state index in [2.05, 4.69) is 26.1 Å². The molecule has 1 amide bonds. The second-order valence-electron chi connectivity index (χ2n) is 7.41. The van der Waals surface area contributed by atoms with Crippen molar-refractivity contribution in [1.29, 1.82) is 0 Å². The summed E-state index contributed by atoms with van der Waals surface area (Å²) in [7, 11) is 0. The monoisotopic (exact) mass is 266 g/mol. The summed E-state index contributed by atoms with van der Waals surface area (Å²) < 4.78 is 0. The Bertz CT molecular complexity index is 321. The van der Waals surface area contributed by atoms with Crippen LogP contribution in [0.25, 0.3) is 0 Å². The third-order valence-corrected chi connectivity index (χ3v) is 4.95. The molecule has 0 aromatic carbocycles. The standard InChI is InChI=1S/C16H30N2O/c1-12-11-16(3,4)8-7-14(12)17-13(2)15(19)18-9-5-6-10-18/h12-14,17H,5-11H2,1-4H3. The lowest BCUT2D eigenvalue weighted by Gasteiger charge is -2.40. The molecule has 1 heterocycles. The van der Waals surface area contributed by atoms with E-state index in [0.717, 1.165) is 13.1 Å². The van der Waals surface area contributed by atoms with Gasteiger partial charge in [0.1, 0.15) is 0 Å². The lowest BCUT2D eigenvalue weighted by atomic mass is 9.70. The number of rotatable bonds is 3. The number of nitrogens with one attached hydrogen (secondary N) is 1. The van der Waals surface area contributed by atoms with Crippen molar-refractivity contribution in [1.82, 2.24) is 10.2 Å². The number of carbonyl (C=O) groups excluding carboxylic acids is 1. The van der Waals surface area contributed by atoms with Crippen LogP contribution in [-0.2, 0) is 4.79 Å². The van der Waals surface area contributed by atoms with Crippen molar-refractivity contribution in [2.45, 2.75) is 71.9 Å². The van der Waals surface area contributed by atoms with E-state index >= 15 is 0 Å². The highest BCUT2D eigenvalue weighted by molar-refractivity contribution is 5.81. The van der Waals surface area contributed by atoms with Crippen LogP contribution < -0.4 is 5.32 Å². The largest absolute Gasteiger partial charge is 0.341 e. The quantitative estimate of drug-likeness (QED) is 0.852. The summed E-state index contributed by atoms with van der Waals surface area (Å²) in [6.07, 6.45) is 6.07. The smallest absolute Gasteiger partial charge is 0.239 e. The fourth-order valence-electron chi connectivity index (χ4n) is 3.80. The molecule has 3 unspecified atom stereocenters. The number of nitrogens with zero attached hydrogens (tertiary/aromatic N) is 1. The van der Waals surface area contributed by atoms with Crippen LogP contribution in [0.2, 0.25) is 0 Å². The Labute approximate surface area is 118 Å². The third-order valence-electron chi connectivity index (χ3n) is 4.95. The fraction of sp³-hybridized carbons (Fsp3) is 0.938. The molecule has 1 saturated heterocycles. The molecule has 2 aliphatic rings. The van der Waals surface area contributed by atoms with Crippen LogP contribution in [0.3, 0.4) is 0 Å². The van der Waals surface area contributed by atoms with Crippen molar-refractivity contribution in [3.63, 3.8) is 0 Å². The highest BCUT2D eigenvalue weighted by Gasteiger charge is 2.34. The number of hydrogen-bond acceptors (Lipinski definition) is 2. The van der Waals surface area contributed by atoms with Crippen molar-refractivity contribution in [2.24, 2.45) is 11.3 Å². The van der Waals surface area contributed by atoms with Crippen LogP contribution in [0.4, 0.5) is 0 Å². The Hall–Kier alpha value is -0.570. The summed E-state index contributed by atoms with van der Waals surface area (Å²) in [6.45, 7) is 11.0. The van der Waals surface area contributed by atoms with E-state index in [-0.39, 0.29) is 6.04 Å². The molecule has 3 atom stereocenters. The second kappa shape index (κ2) is 5.82. The zero-order valence-corrected chi connectivity index (χ0v) is 13.0. The van der Waals surface area contributed by atoms with Gasteiger partial charge in [-0.1, -0.05) is 20.8 Å². The van der Waals surface area contributed by atoms with Gasteiger partial charge in [0.2, 0.25) is 5.91 Å².